The largest absolute Gasteiger partial charge is 0.374 e. The highest BCUT2D eigenvalue weighted by Crippen LogP contribution is 2.39. The molecule has 2 aliphatic rings. The molecule has 0 unspecified atom stereocenters. The van der Waals surface area contributed by atoms with Crippen LogP contribution in [0.4, 0.5) is 0 Å². The van der Waals surface area contributed by atoms with E-state index in [-0.39, 0.29) is 52.9 Å². The number of nitrogens with zero attached hydrogens (tertiary/aromatic N) is 3. The molecule has 0 spiro atoms. The summed E-state index contributed by atoms with van der Waals surface area (Å²) in [5.74, 6) is 0. The summed E-state index contributed by atoms with van der Waals surface area (Å²) in [4.78, 5) is 3.43. The van der Waals surface area contributed by atoms with Crippen molar-refractivity contribution in [2.75, 3.05) is 13.2 Å². The molecule has 1 saturated carbocycles. The van der Waals surface area contributed by atoms with Gasteiger partial charge in [0.15, 0.2) is 6.29 Å². The van der Waals surface area contributed by atoms with Crippen molar-refractivity contribution in [1.82, 2.24) is 0 Å². The number of azide groups is 1. The fourth-order valence-electron chi connectivity index (χ4n) is 9.74. The number of hydrogen-bond acceptors (Lipinski definition) is 11. The summed E-state index contributed by atoms with van der Waals surface area (Å²) >= 11 is 0. The zero-order valence-electron chi connectivity index (χ0n) is 43.1. The molecule has 2 fully saturated rings. The van der Waals surface area contributed by atoms with Gasteiger partial charge in [0.25, 0.3) is 0 Å². The van der Waals surface area contributed by atoms with E-state index in [4.69, 9.17) is 47.4 Å². The molecular weight excluding hydrogens is 971 g/mol. The van der Waals surface area contributed by atoms with Crippen LogP contribution >= 0.6 is 0 Å². The van der Waals surface area contributed by atoms with Crippen molar-refractivity contribution in [3.63, 3.8) is 0 Å². The zero-order chi connectivity index (χ0) is 52.7. The minimum atomic E-state index is -1.29. The molecule has 1 saturated heterocycles. The van der Waals surface area contributed by atoms with Crippen LogP contribution in [0.3, 0.4) is 0 Å². The Labute approximate surface area is 451 Å². The SMILES string of the molecule is C=CCO[C@@H]1[C@H](OCc2ccccc2)[C@@H](OCc2ccccc2)[C@H](OCc2ccccc2)[C@@H](OCc2ccccc2)[C@H]1O[C@H]1O[C@H](COCc2ccccc2)[C@@H](OCc2ccccc2)[C@H](OCc2ccccc2)[C@H]1N=[N+]=[N-]. The molecule has 1 aliphatic heterocycles. The van der Waals surface area contributed by atoms with Gasteiger partial charge in [0.1, 0.15) is 61.0 Å². The highest BCUT2D eigenvalue weighted by Gasteiger charge is 2.58. The molecule has 1 heterocycles. The second kappa shape index (κ2) is 29.6. The minimum Gasteiger partial charge on any atom is -0.374 e. The van der Waals surface area contributed by atoms with Crippen molar-refractivity contribution in [1.29, 1.82) is 0 Å². The van der Waals surface area contributed by atoms with Gasteiger partial charge in [-0.3, -0.25) is 0 Å². The van der Waals surface area contributed by atoms with Gasteiger partial charge in [-0.05, 0) is 44.5 Å². The molecule has 7 aromatic carbocycles. The first kappa shape index (κ1) is 55.0. The van der Waals surface area contributed by atoms with Crippen LogP contribution in [-0.2, 0) is 93.6 Å². The van der Waals surface area contributed by atoms with Crippen LogP contribution in [0.25, 0.3) is 10.4 Å². The van der Waals surface area contributed by atoms with E-state index >= 15 is 0 Å². The Hall–Kier alpha value is -6.81. The number of benzene rings is 7. The molecule has 13 heteroatoms. The van der Waals surface area contributed by atoms with E-state index in [1.807, 2.05) is 212 Å². The van der Waals surface area contributed by atoms with E-state index < -0.39 is 67.3 Å². The molecule has 77 heavy (non-hydrogen) atoms. The van der Waals surface area contributed by atoms with Crippen LogP contribution in [0, 0.1) is 0 Å². The lowest BCUT2D eigenvalue weighted by Crippen LogP contribution is -2.69. The van der Waals surface area contributed by atoms with E-state index in [9.17, 15) is 5.53 Å². The molecule has 13 nitrogen and oxygen atoms in total. The molecule has 9 rings (SSSR count). The Balaban J connectivity index is 1.15. The van der Waals surface area contributed by atoms with Crippen LogP contribution in [0.1, 0.15) is 38.9 Å². The van der Waals surface area contributed by atoms with Gasteiger partial charge in [-0.2, -0.15) is 0 Å². The Morgan fingerprint density at radius 1 is 0.390 bits per heavy atom. The van der Waals surface area contributed by atoms with Gasteiger partial charge in [0, 0.05) is 4.91 Å². The normalized spacial score (nSPS) is 24.1. The highest BCUT2D eigenvalue weighted by atomic mass is 16.7. The Morgan fingerprint density at radius 2 is 0.688 bits per heavy atom. The number of ether oxygens (including phenoxy) is 10. The third kappa shape index (κ3) is 15.9. The predicted molar refractivity (Wildman–Crippen MR) is 293 cm³/mol. The van der Waals surface area contributed by atoms with Crippen molar-refractivity contribution in [2.45, 2.75) is 114 Å². The molecule has 398 valence electrons. The van der Waals surface area contributed by atoms with E-state index in [0.29, 0.717) is 6.61 Å². The smallest absolute Gasteiger partial charge is 0.169 e. The summed E-state index contributed by atoms with van der Waals surface area (Å²) in [6, 6.07) is 68.3. The van der Waals surface area contributed by atoms with Crippen LogP contribution in [0.15, 0.2) is 230 Å². The second-order valence-electron chi connectivity index (χ2n) is 19.0. The van der Waals surface area contributed by atoms with E-state index in [0.717, 1.165) is 38.9 Å². The van der Waals surface area contributed by atoms with Crippen molar-refractivity contribution in [3.8, 4) is 0 Å². The van der Waals surface area contributed by atoms with Crippen molar-refractivity contribution in [2.24, 2.45) is 5.11 Å². The minimum absolute atomic E-state index is 0.0679. The van der Waals surface area contributed by atoms with Crippen LogP contribution < -0.4 is 0 Å². The number of hydrogen-bond donors (Lipinski definition) is 0. The lowest BCUT2D eigenvalue weighted by atomic mass is 9.83. The molecular formula is C64H67N3O10. The maximum atomic E-state index is 10.5. The fraction of sp³-hybridized carbons (Fsp3) is 0.312. The van der Waals surface area contributed by atoms with Crippen molar-refractivity contribution < 1.29 is 47.4 Å². The van der Waals surface area contributed by atoms with E-state index in [1.54, 1.807) is 6.08 Å². The average Bonchev–Trinajstić information content (AvgIpc) is 3.53. The Kier molecular flexibility index (Phi) is 21.2. The summed E-state index contributed by atoms with van der Waals surface area (Å²) in [7, 11) is 0. The van der Waals surface area contributed by atoms with Gasteiger partial charge in [-0.15, -0.1) is 6.58 Å². The molecule has 0 amide bonds. The monoisotopic (exact) mass is 1040 g/mol. The second-order valence-corrected chi connectivity index (χ2v) is 19.0. The van der Waals surface area contributed by atoms with Crippen molar-refractivity contribution in [3.05, 3.63) is 274 Å². The first-order valence-electron chi connectivity index (χ1n) is 26.3. The maximum Gasteiger partial charge on any atom is 0.169 e. The Bertz CT molecular complexity index is 2800. The topological polar surface area (TPSA) is 141 Å². The van der Waals surface area contributed by atoms with Crippen molar-refractivity contribution >= 4 is 0 Å². The van der Waals surface area contributed by atoms with Crippen LogP contribution in [-0.4, -0.2) is 80.5 Å². The molecule has 0 bridgehead atoms. The molecule has 1 aliphatic carbocycles. The lowest BCUT2D eigenvalue weighted by Gasteiger charge is -2.52. The zero-order valence-corrected chi connectivity index (χ0v) is 43.1. The van der Waals surface area contributed by atoms with E-state index in [2.05, 4.69) is 16.6 Å². The number of rotatable bonds is 28. The summed E-state index contributed by atoms with van der Waals surface area (Å²) < 4.78 is 70.3. The Morgan fingerprint density at radius 3 is 1.03 bits per heavy atom. The summed E-state index contributed by atoms with van der Waals surface area (Å²) in [6.45, 7) is 5.72. The van der Waals surface area contributed by atoms with Gasteiger partial charge in [-0.25, -0.2) is 0 Å². The van der Waals surface area contributed by atoms with Gasteiger partial charge in [-0.1, -0.05) is 224 Å². The fourth-order valence-corrected chi connectivity index (χ4v) is 9.74. The molecule has 7 aromatic rings. The third-order valence-electron chi connectivity index (χ3n) is 13.5. The molecule has 0 aromatic heterocycles. The highest BCUT2D eigenvalue weighted by molar-refractivity contribution is 5.20. The summed E-state index contributed by atoms with van der Waals surface area (Å²) in [5, 5.41) is 4.47. The van der Waals surface area contributed by atoms with Gasteiger partial charge in [0.2, 0.25) is 0 Å². The average molecular weight is 1040 g/mol. The van der Waals surface area contributed by atoms with Gasteiger partial charge < -0.3 is 47.4 Å². The summed E-state index contributed by atoms with van der Waals surface area (Å²) in [6.07, 6.45) is -7.53. The quantitative estimate of drug-likeness (QED) is 0.0201. The first-order valence-corrected chi connectivity index (χ1v) is 26.3. The first-order chi connectivity index (χ1) is 38.1. The maximum absolute atomic E-state index is 10.5. The van der Waals surface area contributed by atoms with Gasteiger partial charge in [0.05, 0.1) is 59.5 Å². The van der Waals surface area contributed by atoms with Crippen LogP contribution in [0.2, 0.25) is 0 Å². The van der Waals surface area contributed by atoms with Crippen LogP contribution in [0.5, 0.6) is 0 Å². The molecule has 0 radical (unpaired) electrons. The lowest BCUT2D eigenvalue weighted by molar-refractivity contribution is -0.341. The standard InChI is InChI=1S/C64H67N3O10/c1-2-38-69-61-59(73-43-51-32-18-7-19-33-51)58(72-42-50-30-16-6-17-31-50)60(74-44-52-34-20-8-21-35-52)62(75-45-53-36-22-9-23-37-53)63(61)77-64-55(66-67-65)57(71-41-49-28-14-5-15-29-49)56(70-40-48-26-12-4-13-27-48)54(76-64)46-68-39-47-24-10-3-11-25-47/h2-37,54-64H,1,38-46H2/t54-,55-,56-,57-,58-,59-,60+,61-,62-,63+,64-/m1/s1. The predicted octanol–water partition coefficient (Wildman–Crippen LogP) is 12.1. The third-order valence-corrected chi connectivity index (χ3v) is 13.5. The van der Waals surface area contributed by atoms with Gasteiger partial charge >= 0.3 is 0 Å². The summed E-state index contributed by atoms with van der Waals surface area (Å²) in [5.41, 5.74) is 17.1. The molecule has 11 atom stereocenters. The molecule has 0 N–H and O–H groups in total. The van der Waals surface area contributed by atoms with E-state index in [1.165, 1.54) is 0 Å².